The maximum atomic E-state index is 6.04. The zero-order chi connectivity index (χ0) is 14.0. The third-order valence-corrected chi connectivity index (χ3v) is 5.32. The Morgan fingerprint density at radius 1 is 1.58 bits per heavy atom. The van der Waals surface area contributed by atoms with E-state index in [1.165, 1.54) is 0 Å². The fourth-order valence-electron chi connectivity index (χ4n) is 2.66. The Morgan fingerprint density at radius 3 is 2.89 bits per heavy atom. The molecule has 0 amide bonds. The molecule has 5 heteroatoms. The van der Waals surface area contributed by atoms with Crippen LogP contribution in [0.3, 0.4) is 0 Å². The minimum atomic E-state index is -0.0147. The molecule has 3 N–H and O–H groups in total. The molecule has 1 heterocycles. The molecular formula is C14H21BrClN3. The molecule has 1 saturated heterocycles. The van der Waals surface area contributed by atoms with Crippen LogP contribution in [0.5, 0.6) is 0 Å². The summed E-state index contributed by atoms with van der Waals surface area (Å²) in [6.07, 6.45) is 2.12. The van der Waals surface area contributed by atoms with Crippen molar-refractivity contribution in [2.24, 2.45) is 5.73 Å². The van der Waals surface area contributed by atoms with Crippen molar-refractivity contribution >= 4 is 33.2 Å². The van der Waals surface area contributed by atoms with Crippen LogP contribution >= 0.6 is 27.5 Å². The van der Waals surface area contributed by atoms with E-state index in [2.05, 4.69) is 40.1 Å². The summed E-state index contributed by atoms with van der Waals surface area (Å²) >= 11 is 9.49. The highest BCUT2D eigenvalue weighted by molar-refractivity contribution is 9.10. The molecule has 0 radical (unpaired) electrons. The Hall–Kier alpha value is -0.290. The molecule has 19 heavy (non-hydrogen) atoms. The average Bonchev–Trinajstić information content (AvgIpc) is 2.39. The van der Waals surface area contributed by atoms with E-state index in [1.807, 2.05) is 18.2 Å². The van der Waals surface area contributed by atoms with Gasteiger partial charge in [0.05, 0.1) is 10.6 Å². The monoisotopic (exact) mass is 345 g/mol. The van der Waals surface area contributed by atoms with Gasteiger partial charge in [-0.05, 0) is 60.9 Å². The lowest BCUT2D eigenvalue weighted by molar-refractivity contribution is 0.147. The third kappa shape index (κ3) is 3.43. The quantitative estimate of drug-likeness (QED) is 0.882. The van der Waals surface area contributed by atoms with Crippen molar-refractivity contribution in [2.75, 3.05) is 25.5 Å². The Labute approximate surface area is 128 Å². The first-order valence-corrected chi connectivity index (χ1v) is 7.76. The number of nitrogens with zero attached hydrogens (tertiary/aromatic N) is 1. The van der Waals surface area contributed by atoms with Crippen LogP contribution in [0.25, 0.3) is 0 Å². The van der Waals surface area contributed by atoms with E-state index < -0.39 is 0 Å². The van der Waals surface area contributed by atoms with Gasteiger partial charge >= 0.3 is 0 Å². The average molecular weight is 347 g/mol. The van der Waals surface area contributed by atoms with E-state index in [-0.39, 0.29) is 5.54 Å². The highest BCUT2D eigenvalue weighted by Crippen LogP contribution is 2.32. The van der Waals surface area contributed by atoms with Gasteiger partial charge in [-0.3, -0.25) is 0 Å². The second-order valence-electron chi connectivity index (χ2n) is 5.52. The Morgan fingerprint density at radius 2 is 2.32 bits per heavy atom. The summed E-state index contributed by atoms with van der Waals surface area (Å²) in [6, 6.07) is 6.47. The number of benzene rings is 1. The summed E-state index contributed by atoms with van der Waals surface area (Å²) in [5, 5.41) is 4.35. The van der Waals surface area contributed by atoms with E-state index in [0.29, 0.717) is 12.6 Å². The van der Waals surface area contributed by atoms with Crippen molar-refractivity contribution in [1.29, 1.82) is 0 Å². The van der Waals surface area contributed by atoms with Crippen LogP contribution < -0.4 is 11.1 Å². The summed E-state index contributed by atoms with van der Waals surface area (Å²) in [5.41, 5.74) is 7.10. The predicted molar refractivity (Wildman–Crippen MR) is 85.9 cm³/mol. The summed E-state index contributed by atoms with van der Waals surface area (Å²) in [6.45, 7) is 3.97. The van der Waals surface area contributed by atoms with Crippen LogP contribution in [0, 0.1) is 0 Å². The van der Waals surface area contributed by atoms with Crippen molar-refractivity contribution in [3.63, 3.8) is 0 Å². The van der Waals surface area contributed by atoms with Gasteiger partial charge in [0.2, 0.25) is 0 Å². The lowest BCUT2D eigenvalue weighted by Gasteiger charge is -2.45. The third-order valence-electron chi connectivity index (χ3n) is 4.10. The van der Waals surface area contributed by atoms with Crippen LogP contribution in [0.15, 0.2) is 22.7 Å². The molecule has 1 aromatic rings. The van der Waals surface area contributed by atoms with E-state index in [4.69, 9.17) is 17.3 Å². The number of anilines is 1. The first-order valence-electron chi connectivity index (χ1n) is 6.59. The Kier molecular flexibility index (Phi) is 4.77. The summed E-state index contributed by atoms with van der Waals surface area (Å²) in [5.74, 6) is 0. The number of halogens is 2. The first-order chi connectivity index (χ1) is 8.96. The summed E-state index contributed by atoms with van der Waals surface area (Å²) < 4.78 is 0.910. The van der Waals surface area contributed by atoms with Crippen molar-refractivity contribution < 1.29 is 0 Å². The minimum absolute atomic E-state index is 0.0147. The molecule has 0 bridgehead atoms. The highest BCUT2D eigenvalue weighted by atomic mass is 79.9. The second kappa shape index (κ2) is 6.00. The maximum absolute atomic E-state index is 6.04. The lowest BCUT2D eigenvalue weighted by atomic mass is 9.83. The van der Waals surface area contributed by atoms with Gasteiger partial charge in [0, 0.05) is 29.3 Å². The van der Waals surface area contributed by atoms with Crippen molar-refractivity contribution in [3.8, 4) is 0 Å². The molecule has 1 aliphatic rings. The summed E-state index contributed by atoms with van der Waals surface area (Å²) in [7, 11) is 2.17. The largest absolute Gasteiger partial charge is 0.378 e. The number of hydrogen-bond acceptors (Lipinski definition) is 3. The van der Waals surface area contributed by atoms with Gasteiger partial charge in [-0.25, -0.2) is 0 Å². The zero-order valence-electron chi connectivity index (χ0n) is 11.4. The number of piperidine rings is 1. The van der Waals surface area contributed by atoms with Crippen molar-refractivity contribution in [3.05, 3.63) is 27.7 Å². The van der Waals surface area contributed by atoms with Crippen LogP contribution in [0.2, 0.25) is 5.02 Å². The summed E-state index contributed by atoms with van der Waals surface area (Å²) in [4.78, 5) is 2.38. The molecule has 0 spiro atoms. The fourth-order valence-corrected chi connectivity index (χ4v) is 3.16. The molecule has 1 aromatic carbocycles. The smallest absolute Gasteiger partial charge is 0.0549 e. The van der Waals surface area contributed by atoms with Crippen LogP contribution in [-0.2, 0) is 0 Å². The van der Waals surface area contributed by atoms with Crippen LogP contribution in [0.1, 0.15) is 19.8 Å². The lowest BCUT2D eigenvalue weighted by Crippen LogP contribution is -2.55. The Bertz CT molecular complexity index is 454. The zero-order valence-corrected chi connectivity index (χ0v) is 13.8. The molecule has 2 atom stereocenters. The maximum Gasteiger partial charge on any atom is 0.0549 e. The van der Waals surface area contributed by atoms with Gasteiger partial charge in [-0.15, -0.1) is 0 Å². The minimum Gasteiger partial charge on any atom is -0.378 e. The second-order valence-corrected chi connectivity index (χ2v) is 6.78. The van der Waals surface area contributed by atoms with Gasteiger partial charge in [0.25, 0.3) is 0 Å². The van der Waals surface area contributed by atoms with Gasteiger partial charge in [0.15, 0.2) is 0 Å². The molecule has 2 unspecified atom stereocenters. The molecule has 1 aliphatic heterocycles. The SMILES string of the molecule is CC1CC(CN)(Nc2ccc(Cl)c(Br)c2)CCN1C. The number of nitrogens with one attached hydrogen (secondary N) is 1. The molecule has 2 rings (SSSR count). The van der Waals surface area contributed by atoms with E-state index >= 15 is 0 Å². The van der Waals surface area contributed by atoms with Gasteiger partial charge < -0.3 is 16.0 Å². The molecule has 0 aliphatic carbocycles. The molecular weight excluding hydrogens is 326 g/mol. The van der Waals surface area contributed by atoms with Crippen LogP contribution in [0.4, 0.5) is 5.69 Å². The molecule has 0 saturated carbocycles. The van der Waals surface area contributed by atoms with Crippen LogP contribution in [-0.4, -0.2) is 36.6 Å². The highest BCUT2D eigenvalue weighted by Gasteiger charge is 2.35. The molecule has 106 valence electrons. The van der Waals surface area contributed by atoms with Crippen molar-refractivity contribution in [2.45, 2.75) is 31.3 Å². The van der Waals surface area contributed by atoms with E-state index in [1.54, 1.807) is 0 Å². The van der Waals surface area contributed by atoms with E-state index in [9.17, 15) is 0 Å². The topological polar surface area (TPSA) is 41.3 Å². The normalized spacial score (nSPS) is 28.4. The number of hydrogen-bond donors (Lipinski definition) is 2. The molecule has 1 fully saturated rings. The Balaban J connectivity index is 2.16. The van der Waals surface area contributed by atoms with Gasteiger partial charge in [-0.1, -0.05) is 11.6 Å². The number of nitrogens with two attached hydrogens (primary N) is 1. The standard InChI is InChI=1S/C14H21BrClN3/c1-10-8-14(9-17,5-6-19(10)2)18-11-3-4-13(16)12(15)7-11/h3-4,7,10,18H,5-6,8-9,17H2,1-2H3. The van der Waals surface area contributed by atoms with Crippen molar-refractivity contribution in [1.82, 2.24) is 4.90 Å². The van der Waals surface area contributed by atoms with Gasteiger partial charge in [0.1, 0.15) is 0 Å². The fraction of sp³-hybridized carbons (Fsp3) is 0.571. The predicted octanol–water partition coefficient (Wildman–Crippen LogP) is 3.33. The number of likely N-dealkylation sites (tertiary alicyclic amines) is 1. The number of rotatable bonds is 3. The molecule has 0 aromatic heterocycles. The van der Waals surface area contributed by atoms with Gasteiger partial charge in [-0.2, -0.15) is 0 Å². The first kappa shape index (κ1) is 15.1. The molecule has 3 nitrogen and oxygen atoms in total. The van der Waals surface area contributed by atoms with E-state index in [0.717, 1.165) is 34.6 Å².